The van der Waals surface area contributed by atoms with E-state index in [0.717, 1.165) is 33.4 Å². The Morgan fingerprint density at radius 3 is 1.75 bits per heavy atom. The number of pyridine rings is 2. The fourth-order valence-corrected chi connectivity index (χ4v) is 4.71. The summed E-state index contributed by atoms with van der Waals surface area (Å²) < 4.78 is 58.1. The lowest BCUT2D eigenvalue weighted by Crippen LogP contribution is -2.21. The fraction of sp³-hybridized carbons (Fsp3) is 0. The van der Waals surface area contributed by atoms with E-state index in [0.29, 0.717) is 15.5 Å². The second-order valence-corrected chi connectivity index (χ2v) is 9.55. The van der Waals surface area contributed by atoms with Gasteiger partial charge in [0.2, 0.25) is 0 Å². The molecule has 222 valence electrons. The molecule has 0 aliphatic rings. The Morgan fingerprint density at radius 2 is 1.23 bits per heavy atom. The molecule has 0 fully saturated rings. The van der Waals surface area contributed by atoms with Crippen LogP contribution < -0.4 is 22.6 Å². The van der Waals surface area contributed by atoms with Crippen molar-refractivity contribution in [3.63, 3.8) is 0 Å². The Morgan fingerprint density at radius 1 is 0.773 bits per heavy atom. The van der Waals surface area contributed by atoms with Crippen LogP contribution in [0.2, 0.25) is 0 Å². The number of nitrogens with two attached hydrogens (primary N) is 2. The standard InChI is InChI=1S/C13H6BrF2N5O.C13H7F2N5O.BrH/c14-6-4-21(13(22)9-10(6)19-20-12(9)18)11-7(15)1-5(3-17)2-8(11)16;14-7-3-6(5-16)4-8(15)11(7)20-2-1-9-10(13(20)21)12(17)19-18-9;/h1-2,4H,(H3,18,19,20);1-4H,(H3,17,18,19);1H. The maximum atomic E-state index is 14.1. The van der Waals surface area contributed by atoms with Crippen LogP contribution in [0.25, 0.3) is 33.2 Å². The topological polar surface area (TPSA) is 201 Å². The van der Waals surface area contributed by atoms with Crippen molar-refractivity contribution >= 4 is 66.4 Å². The monoisotopic (exact) mass is 732 g/mol. The van der Waals surface area contributed by atoms with Crippen LogP contribution in [-0.2, 0) is 0 Å². The number of aromatic nitrogens is 6. The van der Waals surface area contributed by atoms with Crippen LogP contribution in [0, 0.1) is 45.9 Å². The minimum atomic E-state index is -1.04. The maximum Gasteiger partial charge on any atom is 0.268 e. The van der Waals surface area contributed by atoms with Gasteiger partial charge in [-0.2, -0.15) is 20.7 Å². The van der Waals surface area contributed by atoms with Gasteiger partial charge in [-0.05, 0) is 46.3 Å². The summed E-state index contributed by atoms with van der Waals surface area (Å²) >= 11 is 3.19. The van der Waals surface area contributed by atoms with Crippen molar-refractivity contribution in [3.8, 4) is 23.5 Å². The zero-order chi connectivity index (χ0) is 31.2. The van der Waals surface area contributed by atoms with Gasteiger partial charge in [0.25, 0.3) is 11.1 Å². The first-order chi connectivity index (χ1) is 20.5. The Labute approximate surface area is 260 Å². The number of anilines is 2. The van der Waals surface area contributed by atoms with Gasteiger partial charge in [0.05, 0.1) is 38.8 Å². The van der Waals surface area contributed by atoms with E-state index in [1.54, 1.807) is 12.1 Å². The van der Waals surface area contributed by atoms with Crippen molar-refractivity contribution < 1.29 is 17.6 Å². The Hall–Kier alpha value is -5.46. The summed E-state index contributed by atoms with van der Waals surface area (Å²) in [7, 11) is 0. The summed E-state index contributed by atoms with van der Waals surface area (Å²) in [5.74, 6) is -4.24. The first kappa shape index (κ1) is 31.5. The molecule has 0 bridgehead atoms. The molecular weight excluding hydrogens is 720 g/mol. The third-order valence-electron chi connectivity index (χ3n) is 6.13. The predicted octanol–water partition coefficient (Wildman–Crippen LogP) is 4.23. The molecule has 6 aromatic rings. The lowest BCUT2D eigenvalue weighted by molar-refractivity contribution is 0.566. The number of nitriles is 2. The summed E-state index contributed by atoms with van der Waals surface area (Å²) in [6.07, 6.45) is 2.41. The summed E-state index contributed by atoms with van der Waals surface area (Å²) in [5.41, 5.74) is 8.90. The van der Waals surface area contributed by atoms with Gasteiger partial charge in [-0.15, -0.1) is 17.0 Å². The summed E-state index contributed by atoms with van der Waals surface area (Å²) in [5, 5.41) is 29.9. The van der Waals surface area contributed by atoms with E-state index in [2.05, 4.69) is 36.3 Å². The van der Waals surface area contributed by atoms with Gasteiger partial charge in [0.15, 0.2) is 34.9 Å². The number of nitrogens with zero attached hydrogens (tertiary/aromatic N) is 6. The van der Waals surface area contributed by atoms with E-state index in [9.17, 15) is 27.2 Å². The number of benzene rings is 2. The Bertz CT molecular complexity index is 2270. The number of hydrogen-bond acceptors (Lipinski definition) is 8. The maximum absolute atomic E-state index is 14.1. The van der Waals surface area contributed by atoms with Gasteiger partial charge in [-0.3, -0.25) is 28.9 Å². The number of aromatic amines is 2. The van der Waals surface area contributed by atoms with Gasteiger partial charge in [0, 0.05) is 12.4 Å². The quantitative estimate of drug-likeness (QED) is 0.189. The third kappa shape index (κ3) is 5.27. The van der Waals surface area contributed by atoms with E-state index < -0.39 is 45.8 Å². The first-order valence-electron chi connectivity index (χ1n) is 11.7. The lowest BCUT2D eigenvalue weighted by Gasteiger charge is -2.10. The normalized spacial score (nSPS) is 10.5. The molecule has 0 spiro atoms. The van der Waals surface area contributed by atoms with Crippen molar-refractivity contribution in [3.05, 3.63) is 102 Å². The van der Waals surface area contributed by atoms with E-state index in [1.807, 2.05) is 0 Å². The third-order valence-corrected chi connectivity index (χ3v) is 6.73. The molecule has 0 saturated heterocycles. The smallest absolute Gasteiger partial charge is 0.268 e. The van der Waals surface area contributed by atoms with E-state index in [4.69, 9.17) is 22.0 Å². The number of fused-ring (bicyclic) bond motifs is 2. The highest BCUT2D eigenvalue weighted by molar-refractivity contribution is 9.10. The van der Waals surface area contributed by atoms with Crippen LogP contribution in [-0.4, -0.2) is 29.5 Å². The SMILES string of the molecule is Br.N#Cc1cc(F)c(-n2cc(Br)c3[nH]nc(N)c3c2=O)c(F)c1.N#Cc1cc(F)c(-n2ccc3[nH]nc(N)c3c2=O)c(F)c1. The molecule has 0 aliphatic heterocycles. The van der Waals surface area contributed by atoms with Crippen LogP contribution in [0.5, 0.6) is 0 Å². The molecule has 12 nitrogen and oxygen atoms in total. The van der Waals surface area contributed by atoms with Gasteiger partial charge in [-0.1, -0.05) is 0 Å². The zero-order valence-electron chi connectivity index (χ0n) is 21.5. The van der Waals surface area contributed by atoms with Crippen LogP contribution in [0.3, 0.4) is 0 Å². The van der Waals surface area contributed by atoms with Crippen molar-refractivity contribution in [1.82, 2.24) is 29.5 Å². The fourth-order valence-electron chi connectivity index (χ4n) is 4.22. The van der Waals surface area contributed by atoms with E-state index in [-0.39, 0.29) is 50.5 Å². The average Bonchev–Trinajstić information content (AvgIpc) is 3.55. The second kappa shape index (κ2) is 12.0. The van der Waals surface area contributed by atoms with E-state index >= 15 is 0 Å². The summed E-state index contributed by atoms with van der Waals surface area (Å²) in [6.45, 7) is 0. The van der Waals surface area contributed by atoms with E-state index in [1.165, 1.54) is 18.5 Å². The minimum absolute atomic E-state index is 0. The molecule has 6 N–H and O–H groups in total. The number of hydrogen-bond donors (Lipinski definition) is 4. The number of H-pyrrole nitrogens is 2. The van der Waals surface area contributed by atoms with Crippen LogP contribution in [0.1, 0.15) is 11.1 Å². The van der Waals surface area contributed by atoms with Gasteiger partial charge >= 0.3 is 0 Å². The highest BCUT2D eigenvalue weighted by atomic mass is 79.9. The van der Waals surface area contributed by atoms with Crippen LogP contribution in [0.15, 0.2) is 56.8 Å². The van der Waals surface area contributed by atoms with Gasteiger partial charge in [-0.25, -0.2) is 17.6 Å². The highest BCUT2D eigenvalue weighted by Crippen LogP contribution is 2.26. The zero-order valence-corrected chi connectivity index (χ0v) is 24.8. The molecular formula is C26H14Br2F4N10O2. The van der Waals surface area contributed by atoms with Crippen LogP contribution in [0.4, 0.5) is 29.2 Å². The summed E-state index contributed by atoms with van der Waals surface area (Å²) in [4.78, 5) is 24.7. The number of rotatable bonds is 2. The summed E-state index contributed by atoms with van der Waals surface area (Å²) in [6, 6.07) is 8.11. The molecule has 0 atom stereocenters. The molecule has 0 aliphatic carbocycles. The number of nitrogens with one attached hydrogen (secondary N) is 2. The molecule has 44 heavy (non-hydrogen) atoms. The van der Waals surface area contributed by atoms with Gasteiger partial charge < -0.3 is 11.5 Å². The highest BCUT2D eigenvalue weighted by Gasteiger charge is 2.20. The molecule has 6 rings (SSSR count). The molecule has 4 heterocycles. The van der Waals surface area contributed by atoms with Crippen molar-refractivity contribution in [2.24, 2.45) is 0 Å². The molecule has 2 aromatic carbocycles. The molecule has 4 aromatic heterocycles. The largest absolute Gasteiger partial charge is 0.382 e. The minimum Gasteiger partial charge on any atom is -0.382 e. The molecule has 0 amide bonds. The molecule has 18 heteroatoms. The van der Waals surface area contributed by atoms with Crippen molar-refractivity contribution in [1.29, 1.82) is 10.5 Å². The molecule has 0 saturated carbocycles. The Balaban J connectivity index is 0.000000197. The molecule has 0 radical (unpaired) electrons. The number of halogens is 6. The lowest BCUT2D eigenvalue weighted by atomic mass is 10.2. The number of nitrogen functional groups attached to an aromatic ring is 2. The van der Waals surface area contributed by atoms with Gasteiger partial charge in [0.1, 0.15) is 22.1 Å². The van der Waals surface area contributed by atoms with Crippen molar-refractivity contribution in [2.45, 2.75) is 0 Å². The predicted molar refractivity (Wildman–Crippen MR) is 159 cm³/mol. The average molecular weight is 734 g/mol. The first-order valence-corrected chi connectivity index (χ1v) is 12.4. The molecule has 0 unspecified atom stereocenters. The second-order valence-electron chi connectivity index (χ2n) is 8.70. The van der Waals surface area contributed by atoms with Crippen LogP contribution >= 0.6 is 32.9 Å². The Kier molecular flexibility index (Phi) is 8.61. The van der Waals surface area contributed by atoms with Crippen molar-refractivity contribution in [2.75, 3.05) is 11.5 Å².